The maximum absolute atomic E-state index is 14.5. The highest BCUT2D eigenvalue weighted by Crippen LogP contribution is 2.25. The molecule has 11 nitrogen and oxygen atoms in total. The number of anilines is 2. The Morgan fingerprint density at radius 2 is 1.94 bits per heavy atom. The summed E-state index contributed by atoms with van der Waals surface area (Å²) in [4.78, 5) is 24.2. The predicted molar refractivity (Wildman–Crippen MR) is 113 cm³/mol. The number of carbonyl (C=O) groups is 1. The summed E-state index contributed by atoms with van der Waals surface area (Å²) >= 11 is 0. The number of rotatable bonds is 5. The Balaban J connectivity index is 1.41. The first kappa shape index (κ1) is 20.9. The van der Waals surface area contributed by atoms with Gasteiger partial charge in [-0.2, -0.15) is 10.2 Å². The topological polar surface area (TPSA) is 125 Å². The highest BCUT2D eigenvalue weighted by Gasteiger charge is 2.15. The van der Waals surface area contributed by atoms with Crippen molar-refractivity contribution in [1.82, 2.24) is 34.5 Å². The first-order valence-corrected chi connectivity index (χ1v) is 9.55. The summed E-state index contributed by atoms with van der Waals surface area (Å²) in [6.45, 7) is 5.96. The Kier molecular flexibility index (Phi) is 5.50. The Bertz CT molecular complexity index is 1230. The fraction of sp³-hybridized carbons (Fsp3) is 0.200. The summed E-state index contributed by atoms with van der Waals surface area (Å²) < 4.78 is 23.3. The number of benzene rings is 1. The number of urea groups is 1. The van der Waals surface area contributed by atoms with Crippen LogP contribution in [0.1, 0.15) is 20.8 Å². The number of amides is 2. The molecular formula is C20H20FN9O2. The van der Waals surface area contributed by atoms with Gasteiger partial charge in [0.1, 0.15) is 30.5 Å². The second-order valence-corrected chi connectivity index (χ2v) is 7.72. The van der Waals surface area contributed by atoms with Gasteiger partial charge < -0.3 is 15.4 Å². The number of aromatic nitrogens is 7. The average Bonchev–Trinajstić information content (AvgIpc) is 3.42. The van der Waals surface area contributed by atoms with E-state index in [4.69, 9.17) is 4.74 Å². The molecule has 2 amide bonds. The molecule has 0 aliphatic rings. The van der Waals surface area contributed by atoms with Crippen molar-refractivity contribution < 1.29 is 13.9 Å². The van der Waals surface area contributed by atoms with Crippen molar-refractivity contribution in [2.75, 3.05) is 10.6 Å². The fourth-order valence-electron chi connectivity index (χ4n) is 2.66. The third kappa shape index (κ3) is 4.86. The molecule has 0 atom stereocenters. The minimum atomic E-state index is -0.673. The Labute approximate surface area is 182 Å². The lowest BCUT2D eigenvalue weighted by Gasteiger charge is -2.18. The number of carbonyl (C=O) groups excluding carboxylic acids is 1. The number of nitrogens with zero attached hydrogens (tertiary/aromatic N) is 7. The van der Waals surface area contributed by atoms with E-state index in [0.29, 0.717) is 11.5 Å². The Hall–Kier alpha value is -4.35. The highest BCUT2D eigenvalue weighted by atomic mass is 19.1. The van der Waals surface area contributed by atoms with E-state index in [1.54, 1.807) is 10.9 Å². The first-order chi connectivity index (χ1) is 15.3. The van der Waals surface area contributed by atoms with Crippen LogP contribution in [0.3, 0.4) is 0 Å². The molecule has 0 fully saturated rings. The lowest BCUT2D eigenvalue weighted by atomic mass is 10.1. The van der Waals surface area contributed by atoms with Gasteiger partial charge in [0.05, 0.1) is 23.1 Å². The van der Waals surface area contributed by atoms with E-state index < -0.39 is 11.8 Å². The van der Waals surface area contributed by atoms with Crippen molar-refractivity contribution in [3.63, 3.8) is 0 Å². The van der Waals surface area contributed by atoms with Crippen LogP contribution in [0.4, 0.5) is 20.6 Å². The average molecular weight is 437 g/mol. The van der Waals surface area contributed by atoms with Crippen LogP contribution in [0.15, 0.2) is 55.6 Å². The first-order valence-electron chi connectivity index (χ1n) is 9.55. The van der Waals surface area contributed by atoms with Gasteiger partial charge >= 0.3 is 6.03 Å². The predicted octanol–water partition coefficient (Wildman–Crippen LogP) is 3.58. The van der Waals surface area contributed by atoms with Gasteiger partial charge in [-0.15, -0.1) is 0 Å². The summed E-state index contributed by atoms with van der Waals surface area (Å²) in [5.74, 6) is 0.161. The molecule has 4 aromatic rings. The second-order valence-electron chi connectivity index (χ2n) is 7.72. The van der Waals surface area contributed by atoms with Crippen molar-refractivity contribution in [2.24, 2.45) is 0 Å². The number of halogens is 1. The van der Waals surface area contributed by atoms with Crippen molar-refractivity contribution in [2.45, 2.75) is 26.3 Å². The molecule has 164 valence electrons. The number of nitrogens with one attached hydrogen (secondary N) is 2. The van der Waals surface area contributed by atoms with E-state index in [-0.39, 0.29) is 22.9 Å². The minimum absolute atomic E-state index is 0.0101. The van der Waals surface area contributed by atoms with Gasteiger partial charge in [-0.25, -0.2) is 28.8 Å². The largest absolute Gasteiger partial charge is 0.439 e. The molecule has 32 heavy (non-hydrogen) atoms. The van der Waals surface area contributed by atoms with Gasteiger partial charge in [0.15, 0.2) is 5.82 Å². The maximum atomic E-state index is 14.5. The summed E-state index contributed by atoms with van der Waals surface area (Å²) in [7, 11) is 0. The lowest BCUT2D eigenvalue weighted by molar-refractivity contribution is 0.262. The third-order valence-corrected chi connectivity index (χ3v) is 4.22. The number of hydrogen-bond acceptors (Lipinski definition) is 7. The van der Waals surface area contributed by atoms with Crippen LogP contribution >= 0.6 is 0 Å². The zero-order chi connectivity index (χ0) is 22.7. The molecule has 0 bridgehead atoms. The minimum Gasteiger partial charge on any atom is -0.439 e. The summed E-state index contributed by atoms with van der Waals surface area (Å²) in [5, 5.41) is 13.3. The van der Waals surface area contributed by atoms with Gasteiger partial charge in [0, 0.05) is 18.3 Å². The molecule has 0 spiro atoms. The molecular weight excluding hydrogens is 417 g/mol. The summed E-state index contributed by atoms with van der Waals surface area (Å²) in [6, 6.07) is 4.98. The standard InChI is InChI=1S/C20H20FN9O2/c1-20(2,3)30-9-13(8-25-30)27-19(31)28-16-5-4-14(6-15(16)21)32-18-7-17(23-11-24-18)29-12-22-10-26-29/h4-12H,1-3H3,(H2,27,28,31). The molecule has 4 rings (SSSR count). The molecule has 0 radical (unpaired) electrons. The monoisotopic (exact) mass is 437 g/mol. The highest BCUT2D eigenvalue weighted by molar-refractivity contribution is 5.99. The molecule has 1 aromatic carbocycles. The van der Waals surface area contributed by atoms with Crippen LogP contribution in [0.5, 0.6) is 11.6 Å². The van der Waals surface area contributed by atoms with Crippen molar-refractivity contribution >= 4 is 17.4 Å². The third-order valence-electron chi connectivity index (χ3n) is 4.22. The van der Waals surface area contributed by atoms with Gasteiger partial charge in [0.2, 0.25) is 5.88 Å². The molecule has 3 aromatic heterocycles. The molecule has 3 heterocycles. The molecule has 0 aliphatic carbocycles. The molecule has 0 unspecified atom stereocenters. The van der Waals surface area contributed by atoms with Crippen molar-refractivity contribution in [3.8, 4) is 17.4 Å². The molecule has 12 heteroatoms. The molecule has 0 aliphatic heterocycles. The fourth-order valence-corrected chi connectivity index (χ4v) is 2.66. The smallest absolute Gasteiger partial charge is 0.323 e. The summed E-state index contributed by atoms with van der Waals surface area (Å²) in [6.07, 6.45) is 7.36. The van der Waals surface area contributed by atoms with E-state index in [9.17, 15) is 9.18 Å². The van der Waals surface area contributed by atoms with Crippen LogP contribution in [0.2, 0.25) is 0 Å². The van der Waals surface area contributed by atoms with Crippen LogP contribution in [0.25, 0.3) is 5.82 Å². The maximum Gasteiger partial charge on any atom is 0.323 e. The second kappa shape index (κ2) is 8.41. The van der Waals surface area contributed by atoms with Gasteiger partial charge in [-0.3, -0.25) is 4.68 Å². The SMILES string of the molecule is CC(C)(C)n1cc(NC(=O)Nc2ccc(Oc3cc(-n4cncn4)ncn3)cc2F)cn1. The van der Waals surface area contributed by atoms with Crippen LogP contribution < -0.4 is 15.4 Å². The van der Waals surface area contributed by atoms with E-state index in [1.165, 1.54) is 48.1 Å². The quantitative estimate of drug-likeness (QED) is 0.489. The Morgan fingerprint density at radius 1 is 1.09 bits per heavy atom. The van der Waals surface area contributed by atoms with E-state index >= 15 is 0 Å². The van der Waals surface area contributed by atoms with E-state index in [2.05, 4.69) is 35.8 Å². The van der Waals surface area contributed by atoms with E-state index in [1.807, 2.05) is 20.8 Å². The van der Waals surface area contributed by atoms with Gasteiger partial charge in [-0.05, 0) is 32.9 Å². The number of hydrogen-bond donors (Lipinski definition) is 2. The molecule has 2 N–H and O–H groups in total. The van der Waals surface area contributed by atoms with Gasteiger partial charge in [0.25, 0.3) is 0 Å². The Morgan fingerprint density at radius 3 is 2.62 bits per heavy atom. The van der Waals surface area contributed by atoms with Gasteiger partial charge in [-0.1, -0.05) is 0 Å². The van der Waals surface area contributed by atoms with E-state index in [0.717, 1.165) is 6.07 Å². The number of ether oxygens (including phenoxy) is 1. The molecule has 0 saturated carbocycles. The lowest BCUT2D eigenvalue weighted by Crippen LogP contribution is -2.22. The zero-order valence-corrected chi connectivity index (χ0v) is 17.5. The zero-order valence-electron chi connectivity index (χ0n) is 17.5. The van der Waals surface area contributed by atoms with Crippen molar-refractivity contribution in [3.05, 3.63) is 61.5 Å². The van der Waals surface area contributed by atoms with Crippen LogP contribution in [-0.2, 0) is 5.54 Å². The van der Waals surface area contributed by atoms with Crippen LogP contribution in [-0.4, -0.2) is 40.5 Å². The summed E-state index contributed by atoms with van der Waals surface area (Å²) in [5.41, 5.74) is 0.256. The molecule has 0 saturated heterocycles. The van der Waals surface area contributed by atoms with Crippen molar-refractivity contribution in [1.29, 1.82) is 0 Å². The van der Waals surface area contributed by atoms with Crippen LogP contribution in [0, 0.1) is 5.82 Å². The normalized spacial score (nSPS) is 11.2.